The van der Waals surface area contributed by atoms with Gasteiger partial charge < -0.3 is 4.90 Å². The van der Waals surface area contributed by atoms with Crippen LogP contribution in [-0.2, 0) is 5.41 Å². The summed E-state index contributed by atoms with van der Waals surface area (Å²) in [4.78, 5) is 2.48. The van der Waals surface area contributed by atoms with E-state index in [1.807, 2.05) is 0 Å². The predicted molar refractivity (Wildman–Crippen MR) is 264 cm³/mol. The molecular formula is C60H45N. The van der Waals surface area contributed by atoms with Gasteiger partial charge in [-0.1, -0.05) is 203 Å². The van der Waals surface area contributed by atoms with Crippen molar-refractivity contribution in [2.45, 2.75) is 26.2 Å². The SMILES string of the molecule is CC(C)(C)c1ccc(N(c2ccc3c(c2)c2ccccc2c2c(-c4ccccc4)cc(-c4ccccc4)c(-c4ccccc4)c32)c2cc3ccccc3c3ccccc23)cc1. The molecule has 11 rings (SSSR count). The largest absolute Gasteiger partial charge is 0.310 e. The van der Waals surface area contributed by atoms with Crippen molar-refractivity contribution in [1.29, 1.82) is 0 Å². The molecule has 0 heterocycles. The average Bonchev–Trinajstić information content (AvgIpc) is 3.32. The van der Waals surface area contributed by atoms with E-state index in [4.69, 9.17) is 0 Å². The minimum Gasteiger partial charge on any atom is -0.310 e. The van der Waals surface area contributed by atoms with E-state index in [0.717, 1.165) is 17.1 Å². The highest BCUT2D eigenvalue weighted by Gasteiger charge is 2.24. The van der Waals surface area contributed by atoms with Crippen molar-refractivity contribution in [1.82, 2.24) is 0 Å². The van der Waals surface area contributed by atoms with E-state index in [0.29, 0.717) is 0 Å². The lowest BCUT2D eigenvalue weighted by Crippen LogP contribution is -2.13. The van der Waals surface area contributed by atoms with E-state index < -0.39 is 0 Å². The summed E-state index contributed by atoms with van der Waals surface area (Å²) < 4.78 is 0. The summed E-state index contributed by atoms with van der Waals surface area (Å²) in [5.74, 6) is 0. The summed E-state index contributed by atoms with van der Waals surface area (Å²) >= 11 is 0. The molecule has 0 radical (unpaired) electrons. The third-order valence-electron chi connectivity index (χ3n) is 12.6. The Bertz CT molecular complexity index is 3410. The van der Waals surface area contributed by atoms with E-state index >= 15 is 0 Å². The first-order valence-corrected chi connectivity index (χ1v) is 21.3. The van der Waals surface area contributed by atoms with Gasteiger partial charge in [0.2, 0.25) is 0 Å². The van der Waals surface area contributed by atoms with Gasteiger partial charge >= 0.3 is 0 Å². The third kappa shape index (κ3) is 6.24. The molecule has 0 aromatic heterocycles. The Balaban J connectivity index is 1.28. The summed E-state index contributed by atoms with van der Waals surface area (Å²) in [6.45, 7) is 6.85. The Morgan fingerprint density at radius 1 is 0.328 bits per heavy atom. The van der Waals surface area contributed by atoms with Crippen LogP contribution in [0.3, 0.4) is 0 Å². The van der Waals surface area contributed by atoms with Crippen LogP contribution < -0.4 is 4.90 Å². The van der Waals surface area contributed by atoms with Crippen LogP contribution in [0.1, 0.15) is 26.3 Å². The van der Waals surface area contributed by atoms with Crippen LogP contribution in [0.5, 0.6) is 0 Å². The number of anilines is 3. The minimum atomic E-state index is 0.0373. The molecule has 0 saturated heterocycles. The van der Waals surface area contributed by atoms with Gasteiger partial charge in [0.15, 0.2) is 0 Å². The highest BCUT2D eigenvalue weighted by atomic mass is 15.1. The van der Waals surface area contributed by atoms with E-state index in [1.54, 1.807) is 0 Å². The fraction of sp³-hybridized carbons (Fsp3) is 0.0667. The van der Waals surface area contributed by atoms with Crippen molar-refractivity contribution in [3.63, 3.8) is 0 Å². The summed E-state index contributed by atoms with van der Waals surface area (Å²) in [5.41, 5.74) is 12.1. The average molecular weight is 780 g/mol. The molecule has 0 atom stereocenters. The second-order valence-corrected chi connectivity index (χ2v) is 17.3. The molecule has 0 aliphatic rings. The van der Waals surface area contributed by atoms with Gasteiger partial charge in [-0.05, 0) is 129 Å². The fourth-order valence-electron chi connectivity index (χ4n) is 9.63. The highest BCUT2D eigenvalue weighted by Crippen LogP contribution is 2.51. The number of rotatable bonds is 6. The smallest absolute Gasteiger partial charge is 0.0546 e. The first-order valence-electron chi connectivity index (χ1n) is 21.3. The lowest BCUT2D eigenvalue weighted by molar-refractivity contribution is 0.590. The van der Waals surface area contributed by atoms with Crippen molar-refractivity contribution in [2.75, 3.05) is 4.90 Å². The Morgan fingerprint density at radius 3 is 1.46 bits per heavy atom. The molecule has 0 bridgehead atoms. The summed E-state index contributed by atoms with van der Waals surface area (Å²) in [7, 11) is 0. The molecule has 0 spiro atoms. The zero-order valence-corrected chi connectivity index (χ0v) is 34.7. The maximum Gasteiger partial charge on any atom is 0.0546 e. The Kier molecular flexibility index (Phi) is 8.79. The van der Waals surface area contributed by atoms with Gasteiger partial charge in [0.1, 0.15) is 0 Å². The van der Waals surface area contributed by atoms with Crippen LogP contribution >= 0.6 is 0 Å². The monoisotopic (exact) mass is 779 g/mol. The van der Waals surface area contributed by atoms with Gasteiger partial charge in [-0.15, -0.1) is 0 Å². The molecule has 0 unspecified atom stereocenters. The van der Waals surface area contributed by atoms with Crippen molar-refractivity contribution in [3.05, 3.63) is 224 Å². The molecule has 1 nitrogen and oxygen atoms in total. The molecule has 61 heavy (non-hydrogen) atoms. The third-order valence-corrected chi connectivity index (χ3v) is 12.6. The van der Waals surface area contributed by atoms with Crippen molar-refractivity contribution in [3.8, 4) is 33.4 Å². The highest BCUT2D eigenvalue weighted by molar-refractivity contribution is 6.33. The van der Waals surface area contributed by atoms with Crippen LogP contribution in [-0.4, -0.2) is 0 Å². The van der Waals surface area contributed by atoms with E-state index in [9.17, 15) is 0 Å². The molecule has 0 N–H and O–H groups in total. The minimum absolute atomic E-state index is 0.0373. The summed E-state index contributed by atoms with van der Waals surface area (Å²) in [5, 5.41) is 12.4. The lowest BCUT2D eigenvalue weighted by Gasteiger charge is -2.29. The molecule has 0 amide bonds. The lowest BCUT2D eigenvalue weighted by atomic mass is 9.81. The molecule has 0 aliphatic carbocycles. The normalized spacial score (nSPS) is 11.9. The molecule has 0 saturated carbocycles. The van der Waals surface area contributed by atoms with Gasteiger partial charge in [-0.2, -0.15) is 0 Å². The van der Waals surface area contributed by atoms with Gasteiger partial charge in [0.05, 0.1) is 5.69 Å². The molecular weight excluding hydrogens is 735 g/mol. The topological polar surface area (TPSA) is 3.24 Å². The molecule has 0 fully saturated rings. The van der Waals surface area contributed by atoms with Crippen molar-refractivity contribution in [2.24, 2.45) is 0 Å². The van der Waals surface area contributed by atoms with Gasteiger partial charge in [0.25, 0.3) is 0 Å². The summed E-state index contributed by atoms with van der Waals surface area (Å²) in [6.07, 6.45) is 0. The number of nitrogens with zero attached hydrogens (tertiary/aromatic N) is 1. The molecule has 11 aromatic carbocycles. The van der Waals surface area contributed by atoms with E-state index in [-0.39, 0.29) is 5.41 Å². The first kappa shape index (κ1) is 36.6. The fourth-order valence-corrected chi connectivity index (χ4v) is 9.63. The predicted octanol–water partition coefficient (Wildman–Crippen LogP) is 17.2. The van der Waals surface area contributed by atoms with Crippen LogP contribution in [0.15, 0.2) is 218 Å². The molecule has 11 aromatic rings. The number of benzene rings is 11. The standard InChI is InChI=1S/C60H45N/c1-60(2,3)44-31-33-45(34-32-44)61(56-37-43-25-13-14-26-47(43)48-27-15-17-29-50(48)56)46-35-36-52-55(38-46)49-28-16-18-30-51(49)58-54(41-21-9-5-10-22-41)39-53(40-19-7-4-8-20-40)57(59(52)58)42-23-11-6-12-24-42/h4-39H,1-3H3. The maximum atomic E-state index is 2.48. The number of fused-ring (bicyclic) bond motifs is 9. The van der Waals surface area contributed by atoms with Gasteiger partial charge in [-0.25, -0.2) is 0 Å². The Hall–Kier alpha value is -7.48. The van der Waals surface area contributed by atoms with Gasteiger partial charge in [0, 0.05) is 16.8 Å². The molecule has 290 valence electrons. The second-order valence-electron chi connectivity index (χ2n) is 17.3. The summed E-state index contributed by atoms with van der Waals surface area (Å²) in [6, 6.07) is 80.8. The van der Waals surface area contributed by atoms with E-state index in [1.165, 1.54) is 92.8 Å². The maximum absolute atomic E-state index is 2.48. The van der Waals surface area contributed by atoms with Crippen LogP contribution in [0.4, 0.5) is 17.1 Å². The molecule has 1 heteroatoms. The van der Waals surface area contributed by atoms with Crippen molar-refractivity contribution < 1.29 is 0 Å². The number of hydrogen-bond acceptors (Lipinski definition) is 1. The zero-order valence-electron chi connectivity index (χ0n) is 34.7. The number of hydrogen-bond donors (Lipinski definition) is 0. The van der Waals surface area contributed by atoms with Crippen LogP contribution in [0.25, 0.3) is 87.2 Å². The first-order chi connectivity index (χ1) is 29.9. The zero-order chi connectivity index (χ0) is 41.1. The Morgan fingerprint density at radius 2 is 0.820 bits per heavy atom. The van der Waals surface area contributed by atoms with Gasteiger partial charge in [-0.3, -0.25) is 0 Å². The van der Waals surface area contributed by atoms with Crippen molar-refractivity contribution >= 4 is 70.9 Å². The van der Waals surface area contributed by atoms with E-state index in [2.05, 4.69) is 244 Å². The quantitative estimate of drug-likeness (QED) is 0.152. The second kappa shape index (κ2) is 14.7. The van der Waals surface area contributed by atoms with Crippen LogP contribution in [0.2, 0.25) is 0 Å². The molecule has 0 aliphatic heterocycles. The Labute approximate surface area is 357 Å². The van der Waals surface area contributed by atoms with Crippen LogP contribution in [0, 0.1) is 0 Å².